The number of halogens is 3. The molecule has 1 fully saturated rings. The number of nitrogens with zero attached hydrogens (tertiary/aromatic N) is 5. The number of benzene rings is 3. The summed E-state index contributed by atoms with van der Waals surface area (Å²) in [5.41, 5.74) is 1.52. The van der Waals surface area contributed by atoms with E-state index in [4.69, 9.17) is 14.7 Å². The predicted molar refractivity (Wildman–Crippen MR) is 147 cm³/mol. The van der Waals surface area contributed by atoms with Gasteiger partial charge in [0.2, 0.25) is 0 Å². The zero-order valence-corrected chi connectivity index (χ0v) is 22.4. The van der Waals surface area contributed by atoms with E-state index in [1.165, 1.54) is 36.5 Å². The highest BCUT2D eigenvalue weighted by atomic mass is 19.1. The molecule has 1 aliphatic heterocycles. The van der Waals surface area contributed by atoms with E-state index in [9.17, 15) is 18.7 Å². The van der Waals surface area contributed by atoms with Crippen LogP contribution in [0.1, 0.15) is 39.3 Å². The lowest BCUT2D eigenvalue weighted by atomic mass is 10.1. The lowest BCUT2D eigenvalue weighted by Crippen LogP contribution is -2.31. The Balaban J connectivity index is 1.24. The minimum absolute atomic E-state index is 0.0332. The number of carboxylic acid groups (broad SMARTS) is 1. The van der Waals surface area contributed by atoms with Crippen molar-refractivity contribution in [3.63, 3.8) is 0 Å². The van der Waals surface area contributed by atoms with Gasteiger partial charge in [0.1, 0.15) is 29.6 Å². The number of carboxylic acids is 1. The maximum atomic E-state index is 15.4. The SMILES string of the molecule is N#Cc1ccc(COc2nccc(-c3ccc(Cc4nc5c(F)cc(C(=O)O)cc5n4C[C@@H]4CCO4)cc3F)n2)c(F)c1. The standard InChI is InChI=1S/C31H22F3N5O4/c32-23-10-18(14-35)1-3-19(23)16-43-31-36-7-5-26(37-31)22-4-2-17(9-24(22)33)11-28-38-29-25(34)12-20(30(40)41)13-27(29)39(28)15-21-6-8-42-21/h1-5,7,9-10,12-13,21H,6,8,11,15-16H2,(H,40,41)/t21-/m0/s1. The highest BCUT2D eigenvalue weighted by Gasteiger charge is 2.24. The highest BCUT2D eigenvalue weighted by Crippen LogP contribution is 2.28. The van der Waals surface area contributed by atoms with Gasteiger partial charge in [-0.1, -0.05) is 12.1 Å². The van der Waals surface area contributed by atoms with Crippen LogP contribution in [0.2, 0.25) is 0 Å². The largest absolute Gasteiger partial charge is 0.478 e. The molecule has 5 aromatic rings. The quantitative estimate of drug-likeness (QED) is 0.243. The summed E-state index contributed by atoms with van der Waals surface area (Å²) in [5, 5.41) is 18.3. The number of imidazole rings is 1. The smallest absolute Gasteiger partial charge is 0.335 e. The van der Waals surface area contributed by atoms with Crippen molar-refractivity contribution in [1.29, 1.82) is 5.26 Å². The number of ether oxygens (including phenoxy) is 2. The van der Waals surface area contributed by atoms with Crippen LogP contribution in [0.4, 0.5) is 13.2 Å². The van der Waals surface area contributed by atoms with Crippen molar-refractivity contribution in [1.82, 2.24) is 19.5 Å². The van der Waals surface area contributed by atoms with Gasteiger partial charge in [-0.15, -0.1) is 0 Å². The molecule has 0 unspecified atom stereocenters. The van der Waals surface area contributed by atoms with Gasteiger partial charge in [0.05, 0.1) is 41.1 Å². The fourth-order valence-electron chi connectivity index (χ4n) is 4.82. The van der Waals surface area contributed by atoms with Crippen molar-refractivity contribution >= 4 is 17.0 Å². The van der Waals surface area contributed by atoms with Crippen LogP contribution in [0.3, 0.4) is 0 Å². The lowest BCUT2D eigenvalue weighted by molar-refractivity contribution is -0.0589. The maximum absolute atomic E-state index is 15.4. The van der Waals surface area contributed by atoms with Crippen LogP contribution in [0.15, 0.2) is 60.8 Å². The Morgan fingerprint density at radius 3 is 2.60 bits per heavy atom. The first-order chi connectivity index (χ1) is 20.8. The molecular formula is C31H22F3N5O4. The van der Waals surface area contributed by atoms with Gasteiger partial charge in [0.15, 0.2) is 5.82 Å². The van der Waals surface area contributed by atoms with Gasteiger partial charge in [-0.2, -0.15) is 10.2 Å². The van der Waals surface area contributed by atoms with Crippen molar-refractivity contribution in [3.05, 3.63) is 106 Å². The van der Waals surface area contributed by atoms with E-state index in [0.29, 0.717) is 30.1 Å². The van der Waals surface area contributed by atoms with Crippen LogP contribution in [0, 0.1) is 28.8 Å². The number of aromatic carboxylic acids is 1. The summed E-state index contributed by atoms with van der Waals surface area (Å²) in [6.45, 7) is 0.769. The molecule has 2 aromatic heterocycles. The molecule has 0 aliphatic carbocycles. The molecule has 3 aromatic carbocycles. The van der Waals surface area contributed by atoms with Crippen molar-refractivity contribution < 1.29 is 32.5 Å². The Morgan fingerprint density at radius 2 is 1.91 bits per heavy atom. The van der Waals surface area contributed by atoms with Gasteiger partial charge >= 0.3 is 12.0 Å². The maximum Gasteiger partial charge on any atom is 0.335 e. The van der Waals surface area contributed by atoms with Crippen LogP contribution < -0.4 is 4.74 Å². The predicted octanol–water partition coefficient (Wildman–Crippen LogP) is 5.44. The van der Waals surface area contributed by atoms with E-state index < -0.39 is 23.4 Å². The third kappa shape index (κ3) is 5.75. The number of hydrogen-bond donors (Lipinski definition) is 1. The van der Waals surface area contributed by atoms with Crippen molar-refractivity contribution in [2.24, 2.45) is 0 Å². The Kier molecular flexibility index (Phi) is 7.48. The minimum Gasteiger partial charge on any atom is -0.478 e. The van der Waals surface area contributed by atoms with Gasteiger partial charge in [-0.3, -0.25) is 0 Å². The summed E-state index contributed by atoms with van der Waals surface area (Å²) in [7, 11) is 0. The average Bonchev–Trinajstić information content (AvgIpc) is 3.31. The first-order valence-electron chi connectivity index (χ1n) is 13.3. The summed E-state index contributed by atoms with van der Waals surface area (Å²) in [6, 6.07) is 14.2. The number of rotatable bonds is 9. The van der Waals surface area contributed by atoms with Gasteiger partial charge in [-0.05, 0) is 54.4 Å². The molecule has 1 atom stereocenters. The third-order valence-corrected chi connectivity index (χ3v) is 7.16. The van der Waals surface area contributed by atoms with Gasteiger partial charge in [-0.25, -0.2) is 27.9 Å². The van der Waals surface area contributed by atoms with E-state index in [-0.39, 0.29) is 58.6 Å². The molecule has 6 rings (SSSR count). The van der Waals surface area contributed by atoms with Gasteiger partial charge < -0.3 is 19.1 Å². The van der Waals surface area contributed by atoms with Crippen LogP contribution in [0.5, 0.6) is 6.01 Å². The van der Waals surface area contributed by atoms with E-state index in [0.717, 1.165) is 18.6 Å². The van der Waals surface area contributed by atoms with Gasteiger partial charge in [0.25, 0.3) is 0 Å². The average molecular weight is 586 g/mol. The second kappa shape index (κ2) is 11.5. The summed E-state index contributed by atoms with van der Waals surface area (Å²) in [4.78, 5) is 24.2. The molecule has 1 saturated heterocycles. The molecule has 216 valence electrons. The number of aromatic nitrogens is 4. The Morgan fingerprint density at radius 1 is 1.07 bits per heavy atom. The normalized spacial score (nSPS) is 14.3. The Labute approximate surface area is 242 Å². The summed E-state index contributed by atoms with van der Waals surface area (Å²) >= 11 is 0. The second-order valence-electron chi connectivity index (χ2n) is 9.97. The second-order valence-corrected chi connectivity index (χ2v) is 9.97. The van der Waals surface area contributed by atoms with E-state index >= 15 is 4.39 Å². The molecule has 9 nitrogen and oxygen atoms in total. The highest BCUT2D eigenvalue weighted by molar-refractivity contribution is 5.92. The van der Waals surface area contributed by atoms with Crippen LogP contribution in [-0.4, -0.2) is 43.3 Å². The fourth-order valence-corrected chi connectivity index (χ4v) is 4.82. The molecular weight excluding hydrogens is 563 g/mol. The first kappa shape index (κ1) is 27.9. The molecule has 1 N–H and O–H groups in total. The van der Waals surface area contributed by atoms with E-state index in [2.05, 4.69) is 15.0 Å². The molecule has 12 heteroatoms. The molecule has 0 radical (unpaired) electrons. The minimum atomic E-state index is -1.26. The number of carbonyl (C=O) groups is 1. The molecule has 0 spiro atoms. The summed E-state index contributed by atoms with van der Waals surface area (Å²) in [6.07, 6.45) is 2.23. The number of nitriles is 1. The van der Waals surface area contributed by atoms with Crippen molar-refractivity contribution in [3.8, 4) is 23.3 Å². The zero-order valence-electron chi connectivity index (χ0n) is 22.4. The molecule has 0 amide bonds. The zero-order chi connectivity index (χ0) is 30.1. The molecule has 0 bridgehead atoms. The fraction of sp³-hybridized carbons (Fsp3) is 0.194. The first-order valence-corrected chi connectivity index (χ1v) is 13.3. The van der Waals surface area contributed by atoms with E-state index in [1.54, 1.807) is 16.7 Å². The molecule has 0 saturated carbocycles. The van der Waals surface area contributed by atoms with E-state index in [1.807, 2.05) is 6.07 Å². The van der Waals surface area contributed by atoms with Crippen LogP contribution in [0.25, 0.3) is 22.3 Å². The molecule has 3 heterocycles. The Hall–Kier alpha value is -5.28. The third-order valence-electron chi connectivity index (χ3n) is 7.16. The number of hydrogen-bond acceptors (Lipinski definition) is 7. The molecule has 1 aliphatic rings. The monoisotopic (exact) mass is 585 g/mol. The van der Waals surface area contributed by atoms with Crippen LogP contribution in [-0.2, 0) is 24.3 Å². The van der Waals surface area contributed by atoms with Crippen LogP contribution >= 0.6 is 0 Å². The Bertz CT molecular complexity index is 1920. The topological polar surface area (TPSA) is 123 Å². The number of fused-ring (bicyclic) bond motifs is 1. The van der Waals surface area contributed by atoms with Crippen molar-refractivity contribution in [2.75, 3.05) is 6.61 Å². The van der Waals surface area contributed by atoms with Gasteiger partial charge in [0, 0.05) is 30.4 Å². The summed E-state index contributed by atoms with van der Waals surface area (Å²) in [5.74, 6) is -2.76. The van der Waals surface area contributed by atoms with Crippen molar-refractivity contribution in [2.45, 2.75) is 32.1 Å². The molecule has 43 heavy (non-hydrogen) atoms. The lowest BCUT2D eigenvalue weighted by Gasteiger charge is -2.27. The summed E-state index contributed by atoms with van der Waals surface area (Å²) < 4.78 is 57.2.